The van der Waals surface area contributed by atoms with Crippen molar-refractivity contribution in [2.45, 2.75) is 52.1 Å². The van der Waals surface area contributed by atoms with Gasteiger partial charge in [-0.05, 0) is 39.2 Å². The minimum absolute atomic E-state index is 0.128. The monoisotopic (exact) mass is 228 g/mol. The van der Waals surface area contributed by atoms with Gasteiger partial charge in [0, 0.05) is 24.7 Å². The zero-order valence-corrected chi connectivity index (χ0v) is 11.5. The lowest BCUT2D eigenvalue weighted by Crippen LogP contribution is -2.50. The minimum atomic E-state index is -0.128. The highest BCUT2D eigenvalue weighted by molar-refractivity contribution is 4.87. The van der Waals surface area contributed by atoms with Gasteiger partial charge in [0.15, 0.2) is 0 Å². The Labute approximate surface area is 100 Å². The fraction of sp³-hybridized carbons (Fsp3) is 1.00. The fourth-order valence-electron chi connectivity index (χ4n) is 1.74. The Morgan fingerprint density at radius 1 is 1.25 bits per heavy atom. The molecule has 1 aliphatic rings. The molecule has 0 atom stereocenters. The van der Waals surface area contributed by atoms with Gasteiger partial charge in [0.1, 0.15) is 0 Å². The number of nitrogens with one attached hydrogen (secondary N) is 1. The highest BCUT2D eigenvalue weighted by Crippen LogP contribution is 2.24. The molecule has 0 aromatic carbocycles. The first kappa shape index (κ1) is 13.9. The van der Waals surface area contributed by atoms with Gasteiger partial charge in [-0.25, -0.2) is 0 Å². The zero-order valence-electron chi connectivity index (χ0n) is 11.5. The van der Waals surface area contributed by atoms with Crippen LogP contribution in [0.1, 0.15) is 40.5 Å². The van der Waals surface area contributed by atoms with Crippen molar-refractivity contribution in [1.29, 1.82) is 0 Å². The van der Waals surface area contributed by atoms with Crippen molar-refractivity contribution >= 4 is 0 Å². The topological polar surface area (TPSA) is 35.5 Å². The molecule has 0 aromatic rings. The van der Waals surface area contributed by atoms with Gasteiger partial charge in [0.2, 0.25) is 0 Å². The number of nitrogens with zero attached hydrogens (tertiary/aromatic N) is 1. The van der Waals surface area contributed by atoms with Crippen molar-refractivity contribution in [3.05, 3.63) is 0 Å². The number of rotatable bonds is 7. The Morgan fingerprint density at radius 3 is 2.25 bits per heavy atom. The third-order valence-corrected chi connectivity index (χ3v) is 3.53. The maximum Gasteiger partial charge on any atom is 0.0609 e. The summed E-state index contributed by atoms with van der Waals surface area (Å²) in [7, 11) is 2.09. The third-order valence-electron chi connectivity index (χ3n) is 3.53. The van der Waals surface area contributed by atoms with Crippen molar-refractivity contribution in [1.82, 2.24) is 10.2 Å². The summed E-state index contributed by atoms with van der Waals surface area (Å²) in [5, 5.41) is 12.9. The van der Waals surface area contributed by atoms with Crippen LogP contribution < -0.4 is 5.32 Å². The normalized spacial score (nSPS) is 18.2. The lowest BCUT2D eigenvalue weighted by Gasteiger charge is -2.39. The molecule has 0 bridgehead atoms. The first-order valence-electron chi connectivity index (χ1n) is 6.32. The Balaban J connectivity index is 2.37. The van der Waals surface area contributed by atoms with Crippen LogP contribution >= 0.6 is 0 Å². The van der Waals surface area contributed by atoms with E-state index in [1.54, 1.807) is 0 Å². The molecular formula is C13H28N2O. The van der Waals surface area contributed by atoms with Crippen LogP contribution in [0.5, 0.6) is 0 Å². The van der Waals surface area contributed by atoms with Crippen LogP contribution in [-0.2, 0) is 0 Å². The number of hydrogen-bond donors (Lipinski definition) is 2. The van der Waals surface area contributed by atoms with E-state index in [1.807, 2.05) is 0 Å². The average molecular weight is 228 g/mol. The molecule has 96 valence electrons. The third kappa shape index (κ3) is 4.40. The standard InChI is InChI=1S/C13H28N2O/c1-12(2,8-14-11-6-7-11)9-15(5)13(3,4)10-16/h11,14,16H,6-10H2,1-5H3. The average Bonchev–Trinajstić information content (AvgIpc) is 2.97. The Bertz CT molecular complexity index is 222. The molecule has 1 fully saturated rings. The maximum atomic E-state index is 9.33. The molecule has 0 aliphatic heterocycles. The fourth-order valence-corrected chi connectivity index (χ4v) is 1.74. The molecular weight excluding hydrogens is 200 g/mol. The highest BCUT2D eigenvalue weighted by Gasteiger charge is 2.30. The smallest absolute Gasteiger partial charge is 0.0609 e. The van der Waals surface area contributed by atoms with E-state index in [0.717, 1.165) is 19.1 Å². The summed E-state index contributed by atoms with van der Waals surface area (Å²) in [6, 6.07) is 0.774. The van der Waals surface area contributed by atoms with Crippen LogP contribution in [0.15, 0.2) is 0 Å². The van der Waals surface area contributed by atoms with Gasteiger partial charge < -0.3 is 10.4 Å². The van der Waals surface area contributed by atoms with Crippen molar-refractivity contribution in [2.75, 3.05) is 26.7 Å². The Hall–Kier alpha value is -0.120. The van der Waals surface area contributed by atoms with E-state index in [1.165, 1.54) is 12.8 Å². The summed E-state index contributed by atoms with van der Waals surface area (Å²) >= 11 is 0. The summed E-state index contributed by atoms with van der Waals surface area (Å²) < 4.78 is 0. The van der Waals surface area contributed by atoms with Crippen LogP contribution in [0.3, 0.4) is 0 Å². The molecule has 3 heteroatoms. The molecule has 3 nitrogen and oxygen atoms in total. The molecule has 0 saturated heterocycles. The molecule has 2 N–H and O–H groups in total. The van der Waals surface area contributed by atoms with Crippen LogP contribution in [0, 0.1) is 5.41 Å². The minimum Gasteiger partial charge on any atom is -0.394 e. The molecule has 1 aliphatic carbocycles. The predicted molar refractivity (Wildman–Crippen MR) is 68.6 cm³/mol. The van der Waals surface area contributed by atoms with Gasteiger partial charge in [0.25, 0.3) is 0 Å². The first-order valence-corrected chi connectivity index (χ1v) is 6.32. The van der Waals surface area contributed by atoms with Crippen molar-refractivity contribution < 1.29 is 5.11 Å². The van der Waals surface area contributed by atoms with Crippen LogP contribution in [0.2, 0.25) is 0 Å². The van der Waals surface area contributed by atoms with Gasteiger partial charge in [-0.1, -0.05) is 13.8 Å². The molecule has 0 radical (unpaired) electrons. The maximum absolute atomic E-state index is 9.33. The molecule has 0 aromatic heterocycles. The predicted octanol–water partition coefficient (Wildman–Crippen LogP) is 1.47. The summed E-state index contributed by atoms with van der Waals surface area (Å²) in [5.74, 6) is 0. The number of aliphatic hydroxyl groups excluding tert-OH is 1. The van der Waals surface area contributed by atoms with E-state index in [-0.39, 0.29) is 17.6 Å². The molecule has 16 heavy (non-hydrogen) atoms. The second-order valence-corrected chi connectivity index (χ2v) is 6.65. The van der Waals surface area contributed by atoms with E-state index in [4.69, 9.17) is 0 Å². The summed E-state index contributed by atoms with van der Waals surface area (Å²) in [4.78, 5) is 2.25. The first-order chi connectivity index (χ1) is 7.27. The van der Waals surface area contributed by atoms with Gasteiger partial charge in [-0.3, -0.25) is 4.90 Å². The van der Waals surface area contributed by atoms with Crippen molar-refractivity contribution in [2.24, 2.45) is 5.41 Å². The molecule has 0 spiro atoms. The van der Waals surface area contributed by atoms with Crippen LogP contribution in [0.25, 0.3) is 0 Å². The molecule has 1 saturated carbocycles. The van der Waals surface area contributed by atoms with Crippen LogP contribution in [0.4, 0.5) is 0 Å². The van der Waals surface area contributed by atoms with E-state index in [2.05, 4.69) is 45.0 Å². The van der Waals surface area contributed by atoms with E-state index >= 15 is 0 Å². The Morgan fingerprint density at radius 2 is 1.81 bits per heavy atom. The number of hydrogen-bond acceptors (Lipinski definition) is 3. The number of likely N-dealkylation sites (N-methyl/N-ethyl adjacent to an activating group) is 1. The van der Waals surface area contributed by atoms with Gasteiger partial charge >= 0.3 is 0 Å². The van der Waals surface area contributed by atoms with E-state index in [0.29, 0.717) is 0 Å². The van der Waals surface area contributed by atoms with Gasteiger partial charge in [-0.2, -0.15) is 0 Å². The Kier molecular flexibility index (Phi) is 4.38. The molecule has 0 heterocycles. The summed E-state index contributed by atoms with van der Waals surface area (Å²) in [6.07, 6.45) is 2.68. The highest BCUT2D eigenvalue weighted by atomic mass is 16.3. The largest absolute Gasteiger partial charge is 0.394 e. The van der Waals surface area contributed by atoms with E-state index in [9.17, 15) is 5.11 Å². The lowest BCUT2D eigenvalue weighted by atomic mass is 9.90. The molecule has 0 unspecified atom stereocenters. The summed E-state index contributed by atoms with van der Waals surface area (Å²) in [5.41, 5.74) is 0.126. The summed E-state index contributed by atoms with van der Waals surface area (Å²) in [6.45, 7) is 11.0. The molecule has 0 amide bonds. The van der Waals surface area contributed by atoms with Gasteiger partial charge in [-0.15, -0.1) is 0 Å². The van der Waals surface area contributed by atoms with Crippen LogP contribution in [-0.4, -0.2) is 48.3 Å². The second kappa shape index (κ2) is 5.03. The van der Waals surface area contributed by atoms with Gasteiger partial charge in [0.05, 0.1) is 6.61 Å². The molecule has 1 rings (SSSR count). The van der Waals surface area contributed by atoms with Crippen molar-refractivity contribution in [3.63, 3.8) is 0 Å². The van der Waals surface area contributed by atoms with Crippen molar-refractivity contribution in [3.8, 4) is 0 Å². The zero-order chi connectivity index (χ0) is 12.4. The SMILES string of the molecule is CN(CC(C)(C)CNC1CC1)C(C)(C)CO. The lowest BCUT2D eigenvalue weighted by molar-refractivity contribution is 0.0498. The quantitative estimate of drug-likeness (QED) is 0.692. The number of aliphatic hydroxyl groups is 1. The second-order valence-electron chi connectivity index (χ2n) is 6.65. The van der Waals surface area contributed by atoms with E-state index < -0.39 is 0 Å².